The zero-order valence-corrected chi connectivity index (χ0v) is 21.8. The molecule has 1 aliphatic heterocycles. The van der Waals surface area contributed by atoms with Gasteiger partial charge >= 0.3 is 0 Å². The fourth-order valence-electron chi connectivity index (χ4n) is 7.38. The minimum Gasteiger partial charge on any atom is -0.309 e. The molecule has 1 aromatic heterocycles. The van der Waals surface area contributed by atoms with E-state index in [1.54, 1.807) is 0 Å². The van der Waals surface area contributed by atoms with Crippen LogP contribution < -0.4 is 0 Å². The molecule has 0 bridgehead atoms. The van der Waals surface area contributed by atoms with Gasteiger partial charge in [-0.15, -0.1) is 0 Å². The molecule has 1 spiro atoms. The standard InChI is InChI=1S/C37H22ClN/c38-25-19-16-23(17-20-25)24-18-21-27-26-8-1-3-11-30(26)37(33(27)22-24)31-12-4-6-15-35(31)39-34-14-5-2-9-28(34)29-10-7-13-32(37)36(29)39/h1-22H. The van der Waals surface area contributed by atoms with Crippen LogP contribution in [0, 0.1) is 0 Å². The Bertz CT molecular complexity index is 2130. The Labute approximate surface area is 231 Å². The molecule has 2 heterocycles. The highest BCUT2D eigenvalue weighted by Crippen LogP contribution is 2.61. The molecule has 7 aromatic rings. The van der Waals surface area contributed by atoms with Crippen molar-refractivity contribution in [1.82, 2.24) is 4.57 Å². The lowest BCUT2D eigenvalue weighted by Gasteiger charge is -2.39. The highest BCUT2D eigenvalue weighted by Gasteiger charge is 2.50. The van der Waals surface area contributed by atoms with Crippen molar-refractivity contribution < 1.29 is 0 Å². The Hall–Kier alpha value is -4.59. The van der Waals surface area contributed by atoms with Crippen LogP contribution >= 0.6 is 11.6 Å². The number of halogens is 1. The highest BCUT2D eigenvalue weighted by atomic mass is 35.5. The third kappa shape index (κ3) is 2.56. The average Bonchev–Trinajstić information content (AvgIpc) is 3.48. The molecule has 1 nitrogen and oxygen atoms in total. The molecule has 1 aliphatic carbocycles. The van der Waals surface area contributed by atoms with Crippen LogP contribution in [0.25, 0.3) is 49.7 Å². The molecule has 39 heavy (non-hydrogen) atoms. The summed E-state index contributed by atoms with van der Waals surface area (Å²) in [4.78, 5) is 0. The second kappa shape index (κ2) is 7.50. The predicted octanol–water partition coefficient (Wildman–Crippen LogP) is 9.78. The quantitative estimate of drug-likeness (QED) is 0.205. The van der Waals surface area contributed by atoms with Gasteiger partial charge in [-0.2, -0.15) is 0 Å². The number of aromatic nitrogens is 1. The average molecular weight is 516 g/mol. The molecule has 1 atom stereocenters. The number of fused-ring (bicyclic) bond motifs is 12. The van der Waals surface area contributed by atoms with E-state index >= 15 is 0 Å². The zero-order chi connectivity index (χ0) is 25.7. The second-order valence-electron chi connectivity index (χ2n) is 10.6. The smallest absolute Gasteiger partial charge is 0.0754 e. The van der Waals surface area contributed by atoms with E-state index in [4.69, 9.17) is 11.6 Å². The Morgan fingerprint density at radius 3 is 2.05 bits per heavy atom. The minimum absolute atomic E-state index is 0.422. The Morgan fingerprint density at radius 2 is 1.15 bits per heavy atom. The summed E-state index contributed by atoms with van der Waals surface area (Å²) in [6.07, 6.45) is 0. The van der Waals surface area contributed by atoms with Crippen molar-refractivity contribution in [2.75, 3.05) is 0 Å². The second-order valence-corrected chi connectivity index (χ2v) is 11.1. The van der Waals surface area contributed by atoms with Crippen molar-refractivity contribution in [2.45, 2.75) is 5.41 Å². The molecule has 0 amide bonds. The van der Waals surface area contributed by atoms with Crippen LogP contribution in [0.4, 0.5) is 0 Å². The van der Waals surface area contributed by atoms with E-state index in [1.807, 2.05) is 12.1 Å². The van der Waals surface area contributed by atoms with Crippen LogP contribution in [0.1, 0.15) is 22.3 Å². The minimum atomic E-state index is -0.422. The molecule has 0 N–H and O–H groups in total. The molecule has 2 heteroatoms. The van der Waals surface area contributed by atoms with E-state index in [2.05, 4.69) is 126 Å². The van der Waals surface area contributed by atoms with Crippen molar-refractivity contribution in [3.63, 3.8) is 0 Å². The highest BCUT2D eigenvalue weighted by molar-refractivity contribution is 6.30. The molecule has 0 saturated carbocycles. The van der Waals surface area contributed by atoms with Crippen molar-refractivity contribution >= 4 is 33.4 Å². The Kier molecular flexibility index (Phi) is 4.11. The number of hydrogen-bond donors (Lipinski definition) is 0. The Balaban J connectivity index is 1.49. The number of benzene rings is 6. The van der Waals surface area contributed by atoms with Gasteiger partial charge in [0.1, 0.15) is 0 Å². The lowest BCUT2D eigenvalue weighted by molar-refractivity contribution is 0.749. The van der Waals surface area contributed by atoms with Gasteiger partial charge in [-0.25, -0.2) is 0 Å². The summed E-state index contributed by atoms with van der Waals surface area (Å²) in [5, 5.41) is 3.35. The maximum absolute atomic E-state index is 6.25. The normalized spacial score (nSPS) is 16.4. The molecule has 0 saturated heterocycles. The first kappa shape index (κ1) is 21.4. The van der Waals surface area contributed by atoms with Crippen LogP contribution in [0.5, 0.6) is 0 Å². The van der Waals surface area contributed by atoms with Gasteiger partial charge in [0.2, 0.25) is 0 Å². The number of rotatable bonds is 1. The number of para-hydroxylation sites is 3. The van der Waals surface area contributed by atoms with Crippen LogP contribution in [-0.4, -0.2) is 4.57 Å². The summed E-state index contributed by atoms with van der Waals surface area (Å²) < 4.78 is 2.49. The van der Waals surface area contributed by atoms with Gasteiger partial charge < -0.3 is 4.57 Å². The summed E-state index contributed by atoms with van der Waals surface area (Å²) >= 11 is 6.25. The van der Waals surface area contributed by atoms with E-state index < -0.39 is 5.41 Å². The topological polar surface area (TPSA) is 4.93 Å². The van der Waals surface area contributed by atoms with E-state index in [1.165, 1.54) is 72.0 Å². The van der Waals surface area contributed by atoms with Gasteiger partial charge in [-0.1, -0.05) is 115 Å². The van der Waals surface area contributed by atoms with Crippen LogP contribution in [-0.2, 0) is 5.41 Å². The number of nitrogens with zero attached hydrogens (tertiary/aromatic N) is 1. The first-order chi connectivity index (χ1) is 19.3. The van der Waals surface area contributed by atoms with Gasteiger partial charge in [0.15, 0.2) is 0 Å². The van der Waals surface area contributed by atoms with Crippen molar-refractivity contribution in [1.29, 1.82) is 0 Å². The van der Waals surface area contributed by atoms with Gasteiger partial charge in [0.05, 0.1) is 22.1 Å². The van der Waals surface area contributed by atoms with Gasteiger partial charge in [0, 0.05) is 15.8 Å². The lowest BCUT2D eigenvalue weighted by Crippen LogP contribution is -2.33. The predicted molar refractivity (Wildman–Crippen MR) is 162 cm³/mol. The Morgan fingerprint density at radius 1 is 0.487 bits per heavy atom. The molecular formula is C37H22ClN. The molecule has 0 radical (unpaired) electrons. The van der Waals surface area contributed by atoms with Crippen LogP contribution in [0.3, 0.4) is 0 Å². The SMILES string of the molecule is Clc1ccc(-c2ccc3c(c2)C2(c4ccccc4-3)c3ccccc3-n3c4ccccc4c4cccc2c43)cc1. The third-order valence-corrected chi connectivity index (χ3v) is 9.12. The largest absolute Gasteiger partial charge is 0.309 e. The molecular weight excluding hydrogens is 494 g/mol. The monoisotopic (exact) mass is 515 g/mol. The van der Waals surface area contributed by atoms with E-state index in [0.717, 1.165) is 5.02 Å². The van der Waals surface area contributed by atoms with E-state index in [0.29, 0.717) is 0 Å². The lowest BCUT2D eigenvalue weighted by atomic mass is 9.65. The summed E-state index contributed by atoms with van der Waals surface area (Å²) in [7, 11) is 0. The van der Waals surface area contributed by atoms with Crippen molar-refractivity contribution in [3.05, 3.63) is 161 Å². The maximum atomic E-state index is 6.25. The van der Waals surface area contributed by atoms with Crippen LogP contribution in [0.2, 0.25) is 5.02 Å². The van der Waals surface area contributed by atoms with E-state index in [9.17, 15) is 0 Å². The number of hydrogen-bond acceptors (Lipinski definition) is 0. The van der Waals surface area contributed by atoms with Crippen molar-refractivity contribution in [2.24, 2.45) is 0 Å². The zero-order valence-electron chi connectivity index (χ0n) is 21.0. The van der Waals surface area contributed by atoms with Gasteiger partial charge in [0.25, 0.3) is 0 Å². The molecule has 9 rings (SSSR count). The fourth-order valence-corrected chi connectivity index (χ4v) is 7.51. The fraction of sp³-hybridized carbons (Fsp3) is 0.0270. The molecule has 6 aromatic carbocycles. The summed E-state index contributed by atoms with van der Waals surface area (Å²) in [5.74, 6) is 0. The van der Waals surface area contributed by atoms with Gasteiger partial charge in [-0.05, 0) is 74.8 Å². The molecule has 182 valence electrons. The maximum Gasteiger partial charge on any atom is 0.0754 e. The molecule has 2 aliphatic rings. The summed E-state index contributed by atoms with van der Waals surface area (Å²) in [5.41, 5.74) is 13.7. The first-order valence-electron chi connectivity index (χ1n) is 13.4. The van der Waals surface area contributed by atoms with Crippen LogP contribution in [0.15, 0.2) is 133 Å². The van der Waals surface area contributed by atoms with E-state index in [-0.39, 0.29) is 0 Å². The van der Waals surface area contributed by atoms with Gasteiger partial charge in [-0.3, -0.25) is 0 Å². The first-order valence-corrected chi connectivity index (χ1v) is 13.8. The third-order valence-electron chi connectivity index (χ3n) is 8.87. The summed E-state index contributed by atoms with van der Waals surface area (Å²) in [6.45, 7) is 0. The molecule has 1 unspecified atom stereocenters. The van der Waals surface area contributed by atoms with Crippen molar-refractivity contribution in [3.8, 4) is 27.9 Å². The molecule has 0 fully saturated rings. The summed E-state index contributed by atoms with van der Waals surface area (Å²) in [6, 6.07) is 48.9.